The fourth-order valence-corrected chi connectivity index (χ4v) is 4.16. The number of aryl methyl sites for hydroxylation is 1. The molecule has 3 heterocycles. The van der Waals surface area contributed by atoms with Gasteiger partial charge in [0.25, 0.3) is 0 Å². The average Bonchev–Trinajstić information content (AvgIpc) is 3.38. The molecule has 1 fully saturated rings. The third-order valence-corrected chi connectivity index (χ3v) is 6.00. The summed E-state index contributed by atoms with van der Waals surface area (Å²) in [6.07, 6.45) is 5.78. The molecule has 0 spiro atoms. The number of rotatable bonds is 5. The maximum atomic E-state index is 12.7. The Hall–Kier alpha value is -3.05. The average molecular weight is 417 g/mol. The van der Waals surface area contributed by atoms with Crippen LogP contribution in [0.4, 0.5) is 0 Å². The van der Waals surface area contributed by atoms with E-state index in [1.165, 1.54) is 0 Å². The second-order valence-corrected chi connectivity index (χ2v) is 8.43. The van der Waals surface area contributed by atoms with Gasteiger partial charge in [0, 0.05) is 34.2 Å². The molecule has 6 heteroatoms. The van der Waals surface area contributed by atoms with Crippen LogP contribution in [0.5, 0.6) is 0 Å². The monoisotopic (exact) mass is 416 g/mol. The number of hydrogen-bond donors (Lipinski definition) is 1. The largest absolute Gasteiger partial charge is 0.346 e. The molecule has 0 atom stereocenters. The number of pyridine rings is 2. The van der Waals surface area contributed by atoms with E-state index in [0.29, 0.717) is 11.6 Å². The molecule has 3 aromatic rings. The van der Waals surface area contributed by atoms with E-state index < -0.39 is 0 Å². The fraction of sp³-hybridized carbons (Fsp3) is 0.250. The van der Waals surface area contributed by atoms with Gasteiger partial charge in [-0.05, 0) is 61.2 Å². The number of aromatic nitrogens is 2. The third kappa shape index (κ3) is 3.61. The molecule has 2 aromatic heterocycles. The van der Waals surface area contributed by atoms with Crippen molar-refractivity contribution in [2.45, 2.75) is 38.3 Å². The van der Waals surface area contributed by atoms with Gasteiger partial charge in [0.1, 0.15) is 0 Å². The number of nitrogens with one attached hydrogen (secondary N) is 1. The highest BCUT2D eigenvalue weighted by Gasteiger charge is 2.45. The number of fused-ring (bicyclic) bond motifs is 1. The summed E-state index contributed by atoms with van der Waals surface area (Å²) in [5.74, 6) is -0.0150. The van der Waals surface area contributed by atoms with Crippen LogP contribution < -0.4 is 5.32 Å². The van der Waals surface area contributed by atoms with Crippen LogP contribution in [0.1, 0.15) is 46.5 Å². The summed E-state index contributed by atoms with van der Waals surface area (Å²) >= 11 is 5.99. The molecule has 150 valence electrons. The first kappa shape index (κ1) is 18.9. The Bertz CT molecular complexity index is 1170. The Morgan fingerprint density at radius 1 is 1.13 bits per heavy atom. The van der Waals surface area contributed by atoms with E-state index in [9.17, 15) is 4.79 Å². The van der Waals surface area contributed by atoms with E-state index >= 15 is 0 Å². The lowest BCUT2D eigenvalue weighted by Gasteiger charge is -2.18. The zero-order chi connectivity index (χ0) is 20.7. The minimum Gasteiger partial charge on any atom is -0.346 e. The number of carbonyl (C=O) groups excluding carboxylic acids is 1. The molecular weight excluding hydrogens is 396 g/mol. The van der Waals surface area contributed by atoms with Crippen molar-refractivity contribution in [3.63, 3.8) is 0 Å². The Morgan fingerprint density at radius 3 is 2.67 bits per heavy atom. The molecule has 1 aromatic carbocycles. The Balaban J connectivity index is 1.29. The molecule has 1 amide bonds. The van der Waals surface area contributed by atoms with Gasteiger partial charge in [-0.3, -0.25) is 19.8 Å². The van der Waals surface area contributed by atoms with E-state index in [-0.39, 0.29) is 17.9 Å². The van der Waals surface area contributed by atoms with Gasteiger partial charge in [0.15, 0.2) is 0 Å². The van der Waals surface area contributed by atoms with Crippen LogP contribution in [0, 0.1) is 6.92 Å². The van der Waals surface area contributed by atoms with E-state index in [2.05, 4.69) is 20.3 Å². The van der Waals surface area contributed by atoms with Crippen LogP contribution in [-0.4, -0.2) is 21.6 Å². The number of nitrogens with zero attached hydrogens (tertiary/aromatic N) is 3. The van der Waals surface area contributed by atoms with Gasteiger partial charge in [-0.25, -0.2) is 0 Å². The van der Waals surface area contributed by atoms with Gasteiger partial charge < -0.3 is 5.32 Å². The predicted octanol–water partition coefficient (Wildman–Crippen LogP) is 4.14. The van der Waals surface area contributed by atoms with Crippen molar-refractivity contribution in [3.05, 3.63) is 93.5 Å². The molecule has 5 rings (SSSR count). The van der Waals surface area contributed by atoms with Crippen LogP contribution in [0.3, 0.4) is 0 Å². The van der Waals surface area contributed by atoms with Crippen molar-refractivity contribution in [3.8, 4) is 0 Å². The highest BCUT2D eigenvalue weighted by molar-refractivity contribution is 6.30. The zero-order valence-corrected chi connectivity index (χ0v) is 17.4. The molecule has 5 nitrogen and oxygen atoms in total. The lowest BCUT2D eigenvalue weighted by molar-refractivity contribution is -0.121. The van der Waals surface area contributed by atoms with Crippen molar-refractivity contribution in [1.82, 2.24) is 15.3 Å². The van der Waals surface area contributed by atoms with Crippen LogP contribution in [0.25, 0.3) is 0 Å². The highest BCUT2D eigenvalue weighted by Crippen LogP contribution is 2.45. The number of carbonyl (C=O) groups is 1. The van der Waals surface area contributed by atoms with Crippen molar-refractivity contribution < 1.29 is 4.79 Å². The van der Waals surface area contributed by atoms with Gasteiger partial charge in [0.2, 0.25) is 5.91 Å². The van der Waals surface area contributed by atoms with Gasteiger partial charge in [-0.2, -0.15) is 0 Å². The highest BCUT2D eigenvalue weighted by atomic mass is 35.5. The van der Waals surface area contributed by atoms with Crippen molar-refractivity contribution in [2.75, 3.05) is 0 Å². The maximum Gasteiger partial charge on any atom is 0.226 e. The molecule has 0 saturated heterocycles. The number of hydrogen-bond acceptors (Lipinski definition) is 4. The lowest BCUT2D eigenvalue weighted by Crippen LogP contribution is -2.36. The molecule has 1 N–H and O–H groups in total. The van der Waals surface area contributed by atoms with Crippen LogP contribution >= 0.6 is 11.6 Å². The number of aliphatic imine (C=N–C) groups is 1. The summed E-state index contributed by atoms with van der Waals surface area (Å²) in [4.78, 5) is 26.2. The molecule has 1 aliphatic heterocycles. The first-order chi connectivity index (χ1) is 14.5. The first-order valence-corrected chi connectivity index (χ1v) is 10.4. The minimum absolute atomic E-state index is 0.0150. The van der Waals surface area contributed by atoms with Crippen molar-refractivity contribution in [1.29, 1.82) is 0 Å². The van der Waals surface area contributed by atoms with Crippen LogP contribution in [-0.2, 0) is 23.3 Å². The Labute approximate surface area is 180 Å². The van der Waals surface area contributed by atoms with Gasteiger partial charge in [0.05, 0.1) is 29.9 Å². The van der Waals surface area contributed by atoms with Gasteiger partial charge >= 0.3 is 0 Å². The Morgan fingerprint density at radius 2 is 1.93 bits per heavy atom. The Kier molecular flexibility index (Phi) is 4.63. The third-order valence-electron chi connectivity index (χ3n) is 5.75. The van der Waals surface area contributed by atoms with E-state index in [1.807, 2.05) is 55.6 Å². The SMILES string of the molecule is Cc1cc(C2=NCc3cc(CC(=O)NC4(c5ccc(Cl)cc5)CC4)ncc32)ccn1. The second-order valence-electron chi connectivity index (χ2n) is 8.00. The molecule has 30 heavy (non-hydrogen) atoms. The van der Waals surface area contributed by atoms with Gasteiger partial charge in [-0.15, -0.1) is 0 Å². The van der Waals surface area contributed by atoms with Crippen molar-refractivity contribution >= 4 is 23.2 Å². The predicted molar refractivity (Wildman–Crippen MR) is 117 cm³/mol. The van der Waals surface area contributed by atoms with Crippen molar-refractivity contribution in [2.24, 2.45) is 4.99 Å². The molecule has 0 unspecified atom stereocenters. The second kappa shape index (κ2) is 7.33. The first-order valence-electron chi connectivity index (χ1n) is 10.1. The smallest absolute Gasteiger partial charge is 0.226 e. The molecule has 2 aliphatic rings. The topological polar surface area (TPSA) is 67.2 Å². The molecule has 1 aliphatic carbocycles. The quantitative estimate of drug-likeness (QED) is 0.679. The normalized spacial score (nSPS) is 16.0. The number of halogens is 1. The standard InChI is InChI=1S/C24H21ClN4O/c1-15-10-16(6-9-26-15)23-21-14-27-20(11-17(21)13-28-23)12-22(30)29-24(7-8-24)18-2-4-19(25)5-3-18/h2-6,9-11,14H,7-8,12-13H2,1H3,(H,29,30). The lowest BCUT2D eigenvalue weighted by atomic mass is 10.0. The summed E-state index contributed by atoms with van der Waals surface area (Å²) in [6.45, 7) is 2.58. The van der Waals surface area contributed by atoms with E-state index in [1.54, 1.807) is 6.20 Å². The minimum atomic E-state index is -0.256. The van der Waals surface area contributed by atoms with Crippen LogP contribution in [0.2, 0.25) is 5.02 Å². The van der Waals surface area contributed by atoms with E-state index in [4.69, 9.17) is 11.6 Å². The summed E-state index contributed by atoms with van der Waals surface area (Å²) in [7, 11) is 0. The summed E-state index contributed by atoms with van der Waals surface area (Å²) < 4.78 is 0. The van der Waals surface area contributed by atoms with Crippen LogP contribution in [0.15, 0.2) is 59.9 Å². The number of amides is 1. The summed E-state index contributed by atoms with van der Waals surface area (Å²) in [5, 5.41) is 3.90. The maximum absolute atomic E-state index is 12.7. The number of benzene rings is 1. The molecule has 0 radical (unpaired) electrons. The fourth-order valence-electron chi connectivity index (χ4n) is 4.03. The van der Waals surface area contributed by atoms with Gasteiger partial charge in [-0.1, -0.05) is 23.7 Å². The molecule has 1 saturated carbocycles. The summed E-state index contributed by atoms with van der Waals surface area (Å²) in [6, 6.07) is 13.7. The summed E-state index contributed by atoms with van der Waals surface area (Å²) in [5.41, 5.74) is 6.70. The van der Waals surface area contributed by atoms with E-state index in [0.717, 1.165) is 52.2 Å². The molecular formula is C24H21ClN4O. The molecule has 0 bridgehead atoms. The zero-order valence-electron chi connectivity index (χ0n) is 16.7.